The van der Waals surface area contributed by atoms with Crippen LogP contribution in [0.2, 0.25) is 0 Å². The van der Waals surface area contributed by atoms with E-state index in [9.17, 15) is 0 Å². The first-order valence-corrected chi connectivity index (χ1v) is 5.68. The molecule has 19 heavy (non-hydrogen) atoms. The van der Waals surface area contributed by atoms with Gasteiger partial charge < -0.3 is 20.5 Å². The highest BCUT2D eigenvalue weighted by Crippen LogP contribution is 2.18. The summed E-state index contributed by atoms with van der Waals surface area (Å²) in [5, 5.41) is 7.26. The van der Waals surface area contributed by atoms with Gasteiger partial charge in [-0.05, 0) is 0 Å². The molecule has 2 aromatic rings. The number of aromatic nitrogens is 4. The van der Waals surface area contributed by atoms with Crippen LogP contribution in [0, 0.1) is 0 Å². The molecule has 0 aromatic carbocycles. The minimum atomic E-state index is 0.147. The topological polar surface area (TPSA) is 100 Å². The van der Waals surface area contributed by atoms with E-state index in [1.165, 1.54) is 7.11 Å². The van der Waals surface area contributed by atoms with E-state index in [1.807, 2.05) is 6.20 Å². The van der Waals surface area contributed by atoms with E-state index in [1.54, 1.807) is 24.1 Å². The summed E-state index contributed by atoms with van der Waals surface area (Å²) in [6, 6.07) is 1.66. The van der Waals surface area contributed by atoms with Crippen LogP contribution in [0.1, 0.15) is 0 Å². The molecule has 3 N–H and O–H groups in total. The van der Waals surface area contributed by atoms with Crippen molar-refractivity contribution in [3.05, 3.63) is 18.5 Å². The Morgan fingerprint density at radius 2 is 2.21 bits per heavy atom. The summed E-state index contributed by atoms with van der Waals surface area (Å²) in [7, 11) is 3.17. The zero-order valence-electron chi connectivity index (χ0n) is 10.8. The molecule has 102 valence electrons. The Labute approximate surface area is 110 Å². The molecule has 0 bridgehead atoms. The van der Waals surface area contributed by atoms with E-state index in [-0.39, 0.29) is 5.95 Å². The van der Waals surface area contributed by atoms with E-state index in [4.69, 9.17) is 15.2 Å². The minimum Gasteiger partial charge on any atom is -0.481 e. The zero-order chi connectivity index (χ0) is 13.7. The third-order valence-electron chi connectivity index (χ3n) is 2.36. The van der Waals surface area contributed by atoms with Gasteiger partial charge in [0, 0.05) is 19.4 Å². The predicted molar refractivity (Wildman–Crippen MR) is 70.4 cm³/mol. The van der Waals surface area contributed by atoms with Gasteiger partial charge in [0.1, 0.15) is 5.82 Å². The Bertz CT molecular complexity index is 542. The lowest BCUT2D eigenvalue weighted by Crippen LogP contribution is -2.04. The van der Waals surface area contributed by atoms with Crippen molar-refractivity contribution in [3.63, 3.8) is 0 Å². The number of anilines is 3. The van der Waals surface area contributed by atoms with Crippen molar-refractivity contribution in [3.8, 4) is 5.88 Å². The molecule has 0 saturated heterocycles. The summed E-state index contributed by atoms with van der Waals surface area (Å²) < 4.78 is 11.8. The molecule has 2 rings (SSSR count). The minimum absolute atomic E-state index is 0.147. The summed E-state index contributed by atoms with van der Waals surface area (Å²) >= 11 is 0. The van der Waals surface area contributed by atoms with Crippen LogP contribution >= 0.6 is 0 Å². The molecule has 0 fully saturated rings. The Morgan fingerprint density at radius 3 is 2.95 bits per heavy atom. The van der Waals surface area contributed by atoms with Crippen LogP contribution in [0.5, 0.6) is 5.88 Å². The smallest absolute Gasteiger partial charge is 0.225 e. The van der Waals surface area contributed by atoms with Crippen LogP contribution in [0.3, 0.4) is 0 Å². The second kappa shape index (κ2) is 6.01. The molecular formula is C11H16N6O2. The second-order valence-electron chi connectivity index (χ2n) is 3.76. The molecule has 0 radical (unpaired) electrons. The van der Waals surface area contributed by atoms with Crippen molar-refractivity contribution in [2.24, 2.45) is 0 Å². The van der Waals surface area contributed by atoms with E-state index >= 15 is 0 Å². The Kier molecular flexibility index (Phi) is 4.14. The van der Waals surface area contributed by atoms with Gasteiger partial charge in [-0.3, -0.25) is 4.68 Å². The zero-order valence-corrected chi connectivity index (χ0v) is 10.8. The van der Waals surface area contributed by atoms with E-state index in [2.05, 4.69) is 20.4 Å². The van der Waals surface area contributed by atoms with Crippen molar-refractivity contribution in [2.75, 3.05) is 31.9 Å². The number of nitrogen functional groups attached to an aromatic ring is 1. The molecule has 0 aliphatic carbocycles. The molecule has 0 unspecified atom stereocenters. The maximum atomic E-state index is 5.58. The second-order valence-corrected chi connectivity index (χ2v) is 3.76. The summed E-state index contributed by atoms with van der Waals surface area (Å²) in [6.45, 7) is 1.29. The third-order valence-corrected chi connectivity index (χ3v) is 2.36. The van der Waals surface area contributed by atoms with E-state index in [0.717, 1.165) is 5.69 Å². The fraction of sp³-hybridized carbons (Fsp3) is 0.364. The van der Waals surface area contributed by atoms with Crippen molar-refractivity contribution in [1.82, 2.24) is 19.7 Å². The third kappa shape index (κ3) is 3.55. The molecule has 0 atom stereocenters. The number of nitrogens with one attached hydrogen (secondary N) is 1. The molecule has 0 spiro atoms. The molecular weight excluding hydrogens is 248 g/mol. The number of rotatable bonds is 6. The summed E-state index contributed by atoms with van der Waals surface area (Å²) in [5.74, 6) is 1.10. The largest absolute Gasteiger partial charge is 0.481 e. The van der Waals surface area contributed by atoms with Crippen LogP contribution in [-0.2, 0) is 11.3 Å². The normalized spacial score (nSPS) is 10.4. The molecule has 0 saturated carbocycles. The van der Waals surface area contributed by atoms with Gasteiger partial charge in [-0.1, -0.05) is 0 Å². The highest BCUT2D eigenvalue weighted by molar-refractivity contribution is 5.56. The quantitative estimate of drug-likeness (QED) is 0.790. The molecule has 2 aromatic heterocycles. The SMILES string of the molecule is COCCn1cc(Nc2cc(OC)nc(N)n2)cn1. The molecule has 0 amide bonds. The van der Waals surface area contributed by atoms with Gasteiger partial charge in [-0.2, -0.15) is 15.1 Å². The number of nitrogens with zero attached hydrogens (tertiary/aromatic N) is 4. The van der Waals surface area contributed by atoms with Gasteiger partial charge in [-0.25, -0.2) is 0 Å². The van der Waals surface area contributed by atoms with Crippen LogP contribution in [0.4, 0.5) is 17.5 Å². The van der Waals surface area contributed by atoms with Gasteiger partial charge in [0.2, 0.25) is 11.8 Å². The van der Waals surface area contributed by atoms with Crippen molar-refractivity contribution < 1.29 is 9.47 Å². The number of hydrogen-bond acceptors (Lipinski definition) is 7. The fourth-order valence-electron chi connectivity index (χ4n) is 1.49. The van der Waals surface area contributed by atoms with Crippen molar-refractivity contribution in [1.29, 1.82) is 0 Å². The van der Waals surface area contributed by atoms with Gasteiger partial charge >= 0.3 is 0 Å². The lowest BCUT2D eigenvalue weighted by molar-refractivity contribution is 0.183. The molecule has 8 nitrogen and oxygen atoms in total. The summed E-state index contributed by atoms with van der Waals surface area (Å²) in [6.07, 6.45) is 3.55. The van der Waals surface area contributed by atoms with E-state index in [0.29, 0.717) is 24.8 Å². The number of ether oxygens (including phenoxy) is 2. The molecule has 8 heteroatoms. The van der Waals surface area contributed by atoms with Crippen molar-refractivity contribution in [2.45, 2.75) is 6.54 Å². The first kappa shape index (κ1) is 13.1. The number of methoxy groups -OCH3 is 2. The first-order valence-electron chi connectivity index (χ1n) is 5.68. The Morgan fingerprint density at radius 1 is 1.37 bits per heavy atom. The van der Waals surface area contributed by atoms with Crippen LogP contribution in [0.25, 0.3) is 0 Å². The van der Waals surface area contributed by atoms with E-state index < -0.39 is 0 Å². The fourth-order valence-corrected chi connectivity index (χ4v) is 1.49. The average molecular weight is 264 g/mol. The molecule has 2 heterocycles. The van der Waals surface area contributed by atoms with Crippen LogP contribution in [-0.4, -0.2) is 40.6 Å². The Balaban J connectivity index is 2.08. The Hall–Kier alpha value is -2.35. The average Bonchev–Trinajstić information content (AvgIpc) is 2.83. The number of nitrogens with two attached hydrogens (primary N) is 1. The van der Waals surface area contributed by atoms with Gasteiger partial charge in [-0.15, -0.1) is 0 Å². The lowest BCUT2D eigenvalue weighted by Gasteiger charge is -2.05. The molecule has 0 aliphatic heterocycles. The molecule has 0 aliphatic rings. The van der Waals surface area contributed by atoms with Gasteiger partial charge in [0.25, 0.3) is 0 Å². The highest BCUT2D eigenvalue weighted by Gasteiger charge is 2.04. The monoisotopic (exact) mass is 264 g/mol. The predicted octanol–water partition coefficient (Wildman–Crippen LogP) is 0.654. The van der Waals surface area contributed by atoms with Crippen LogP contribution in [0.15, 0.2) is 18.5 Å². The summed E-state index contributed by atoms with van der Waals surface area (Å²) in [4.78, 5) is 7.97. The highest BCUT2D eigenvalue weighted by atomic mass is 16.5. The van der Waals surface area contributed by atoms with Gasteiger partial charge in [0.05, 0.1) is 32.1 Å². The first-order chi connectivity index (χ1) is 9.21. The van der Waals surface area contributed by atoms with Crippen LogP contribution < -0.4 is 15.8 Å². The maximum Gasteiger partial charge on any atom is 0.225 e. The number of hydrogen-bond donors (Lipinski definition) is 2. The van der Waals surface area contributed by atoms with Gasteiger partial charge in [0.15, 0.2) is 0 Å². The standard InChI is InChI=1S/C11H16N6O2/c1-18-4-3-17-7-8(6-13-17)14-9-5-10(19-2)16-11(12)15-9/h5-7H,3-4H2,1-2H3,(H3,12,14,15,16). The lowest BCUT2D eigenvalue weighted by atomic mass is 10.5. The maximum absolute atomic E-state index is 5.58. The summed E-state index contributed by atoms with van der Waals surface area (Å²) in [5.41, 5.74) is 6.38. The van der Waals surface area contributed by atoms with Crippen molar-refractivity contribution >= 4 is 17.5 Å².